The zero-order valence-corrected chi connectivity index (χ0v) is 13.4. The summed E-state index contributed by atoms with van der Waals surface area (Å²) in [5.41, 5.74) is 0.928. The molecule has 1 amide bonds. The van der Waals surface area contributed by atoms with E-state index in [1.54, 1.807) is 6.20 Å². The number of halogens is 1. The van der Waals surface area contributed by atoms with Crippen LogP contribution in [-0.2, 0) is 17.9 Å². The number of nitrogens with zero attached hydrogens (tertiary/aromatic N) is 2. The van der Waals surface area contributed by atoms with E-state index >= 15 is 0 Å². The molecule has 0 bridgehead atoms. The van der Waals surface area contributed by atoms with Crippen LogP contribution in [0.3, 0.4) is 0 Å². The van der Waals surface area contributed by atoms with E-state index in [1.165, 1.54) is 0 Å². The van der Waals surface area contributed by atoms with Gasteiger partial charge < -0.3 is 10.6 Å². The van der Waals surface area contributed by atoms with Gasteiger partial charge in [0.2, 0.25) is 5.91 Å². The van der Waals surface area contributed by atoms with Crippen LogP contribution in [-0.4, -0.2) is 28.3 Å². The highest BCUT2D eigenvalue weighted by Gasteiger charge is 2.06. The molecule has 0 saturated heterocycles. The van der Waals surface area contributed by atoms with E-state index in [-0.39, 0.29) is 11.9 Å². The van der Waals surface area contributed by atoms with Gasteiger partial charge in [-0.1, -0.05) is 29.8 Å². The maximum absolute atomic E-state index is 11.8. The van der Waals surface area contributed by atoms with Gasteiger partial charge in [-0.25, -0.2) is 0 Å². The van der Waals surface area contributed by atoms with Crippen LogP contribution in [0.1, 0.15) is 18.9 Å². The van der Waals surface area contributed by atoms with Crippen LogP contribution < -0.4 is 10.6 Å². The van der Waals surface area contributed by atoms with Gasteiger partial charge in [-0.2, -0.15) is 5.10 Å². The Hall–Kier alpha value is -1.85. The molecule has 118 valence electrons. The first-order valence-electron chi connectivity index (χ1n) is 7.36. The van der Waals surface area contributed by atoms with Crippen LogP contribution in [0.5, 0.6) is 0 Å². The molecule has 0 aliphatic rings. The van der Waals surface area contributed by atoms with E-state index in [2.05, 4.69) is 22.7 Å². The molecule has 0 spiro atoms. The Labute approximate surface area is 135 Å². The normalized spacial score (nSPS) is 12.1. The summed E-state index contributed by atoms with van der Waals surface area (Å²) < 4.78 is 1.87. The first-order valence-corrected chi connectivity index (χ1v) is 7.74. The van der Waals surface area contributed by atoms with Gasteiger partial charge in [-0.05, 0) is 24.6 Å². The summed E-state index contributed by atoms with van der Waals surface area (Å²) in [5.74, 6) is 0.0127. The minimum Gasteiger partial charge on any atom is -0.352 e. The molecule has 1 atom stereocenters. The van der Waals surface area contributed by atoms with E-state index in [4.69, 9.17) is 11.6 Å². The van der Waals surface area contributed by atoms with Crippen molar-refractivity contribution in [2.45, 2.75) is 32.5 Å². The molecule has 0 saturated carbocycles. The Balaban J connectivity index is 1.62. The van der Waals surface area contributed by atoms with Crippen LogP contribution >= 0.6 is 11.6 Å². The third-order valence-corrected chi connectivity index (χ3v) is 3.67. The number of nitrogens with one attached hydrogen (secondary N) is 2. The number of benzene rings is 1. The lowest BCUT2D eigenvalue weighted by Crippen LogP contribution is -2.34. The third-order valence-electron chi connectivity index (χ3n) is 3.30. The van der Waals surface area contributed by atoms with Crippen molar-refractivity contribution in [3.05, 3.63) is 53.3 Å². The van der Waals surface area contributed by atoms with Crippen molar-refractivity contribution < 1.29 is 4.79 Å². The maximum Gasteiger partial charge on any atom is 0.221 e. The zero-order valence-electron chi connectivity index (χ0n) is 12.6. The maximum atomic E-state index is 11.8. The van der Waals surface area contributed by atoms with Gasteiger partial charge in [0.1, 0.15) is 0 Å². The lowest BCUT2D eigenvalue weighted by molar-refractivity contribution is -0.121. The number of amides is 1. The van der Waals surface area contributed by atoms with Gasteiger partial charge in [0.25, 0.3) is 0 Å². The van der Waals surface area contributed by atoms with Crippen molar-refractivity contribution in [1.29, 1.82) is 0 Å². The van der Waals surface area contributed by atoms with E-state index in [1.807, 2.05) is 41.2 Å². The fourth-order valence-electron chi connectivity index (χ4n) is 2.11. The molecule has 22 heavy (non-hydrogen) atoms. The van der Waals surface area contributed by atoms with Crippen molar-refractivity contribution in [2.75, 3.05) is 6.54 Å². The van der Waals surface area contributed by atoms with Crippen molar-refractivity contribution in [2.24, 2.45) is 0 Å². The van der Waals surface area contributed by atoms with Gasteiger partial charge in [-0.3, -0.25) is 9.48 Å². The Bertz CT molecular complexity index is 586. The van der Waals surface area contributed by atoms with Crippen LogP contribution in [0.15, 0.2) is 42.7 Å². The van der Waals surface area contributed by atoms with Crippen LogP contribution in [0.2, 0.25) is 5.02 Å². The fraction of sp³-hybridized carbons (Fsp3) is 0.375. The first-order chi connectivity index (χ1) is 10.6. The second-order valence-electron chi connectivity index (χ2n) is 5.20. The van der Waals surface area contributed by atoms with Crippen LogP contribution in [0.25, 0.3) is 0 Å². The third kappa shape index (κ3) is 5.50. The Morgan fingerprint density at radius 1 is 1.36 bits per heavy atom. The van der Waals surface area contributed by atoms with Crippen LogP contribution in [0, 0.1) is 0 Å². The predicted molar refractivity (Wildman–Crippen MR) is 87.6 cm³/mol. The topological polar surface area (TPSA) is 59.0 Å². The minimum atomic E-state index is 0.0127. The van der Waals surface area contributed by atoms with Gasteiger partial charge in [-0.15, -0.1) is 0 Å². The van der Waals surface area contributed by atoms with E-state index in [0.29, 0.717) is 24.5 Å². The molecule has 0 aliphatic heterocycles. The fourth-order valence-corrected chi connectivity index (χ4v) is 2.31. The molecule has 1 aromatic heterocycles. The molecule has 5 nitrogen and oxygen atoms in total. The summed E-state index contributed by atoms with van der Waals surface area (Å²) in [6.07, 6.45) is 4.12. The average Bonchev–Trinajstić information content (AvgIpc) is 2.99. The Morgan fingerprint density at radius 3 is 2.91 bits per heavy atom. The van der Waals surface area contributed by atoms with Crippen molar-refractivity contribution in [3.8, 4) is 0 Å². The second-order valence-corrected chi connectivity index (χ2v) is 5.61. The van der Waals surface area contributed by atoms with E-state index in [9.17, 15) is 4.79 Å². The summed E-state index contributed by atoms with van der Waals surface area (Å²) in [4.78, 5) is 11.8. The number of carbonyl (C=O) groups is 1. The van der Waals surface area contributed by atoms with Gasteiger partial charge >= 0.3 is 0 Å². The SMILES string of the molecule is C[C@H](Cn1cccn1)NCCC(=O)NCc1ccccc1Cl. The molecule has 2 aromatic rings. The van der Waals surface area contributed by atoms with Crippen LogP contribution in [0.4, 0.5) is 0 Å². The Kier molecular flexibility index (Phi) is 6.43. The number of rotatable bonds is 8. The highest BCUT2D eigenvalue weighted by Crippen LogP contribution is 2.14. The van der Waals surface area contributed by atoms with E-state index in [0.717, 1.165) is 12.1 Å². The number of hydrogen-bond donors (Lipinski definition) is 2. The summed E-state index contributed by atoms with van der Waals surface area (Å²) in [6, 6.07) is 9.67. The number of carbonyl (C=O) groups excluding carboxylic acids is 1. The monoisotopic (exact) mass is 320 g/mol. The molecule has 0 unspecified atom stereocenters. The van der Waals surface area contributed by atoms with Gasteiger partial charge in [0.05, 0.1) is 6.54 Å². The molecule has 1 heterocycles. The minimum absolute atomic E-state index is 0.0127. The second kappa shape index (κ2) is 8.56. The molecule has 2 N–H and O–H groups in total. The predicted octanol–water partition coefficient (Wildman–Crippen LogP) is 2.22. The smallest absolute Gasteiger partial charge is 0.221 e. The summed E-state index contributed by atoms with van der Waals surface area (Å²) in [6.45, 7) is 3.95. The first kappa shape index (κ1) is 16.5. The molecular formula is C16H21ClN4O. The van der Waals surface area contributed by atoms with Crippen molar-refractivity contribution in [1.82, 2.24) is 20.4 Å². The average molecular weight is 321 g/mol. The Morgan fingerprint density at radius 2 is 2.18 bits per heavy atom. The van der Waals surface area contributed by atoms with Crippen molar-refractivity contribution in [3.63, 3.8) is 0 Å². The molecule has 2 rings (SSSR count). The highest BCUT2D eigenvalue weighted by atomic mass is 35.5. The molecular weight excluding hydrogens is 300 g/mol. The van der Waals surface area contributed by atoms with E-state index < -0.39 is 0 Å². The molecule has 1 aromatic carbocycles. The summed E-state index contributed by atoms with van der Waals surface area (Å²) >= 11 is 6.05. The standard InChI is InChI=1S/C16H21ClN4O/c1-13(12-21-10-4-8-20-21)18-9-7-16(22)19-11-14-5-2-3-6-15(14)17/h2-6,8,10,13,18H,7,9,11-12H2,1H3,(H,19,22)/t13-/m1/s1. The highest BCUT2D eigenvalue weighted by molar-refractivity contribution is 6.31. The lowest BCUT2D eigenvalue weighted by Gasteiger charge is -2.13. The molecule has 0 fully saturated rings. The lowest BCUT2D eigenvalue weighted by atomic mass is 10.2. The molecule has 0 radical (unpaired) electrons. The summed E-state index contributed by atoms with van der Waals surface area (Å²) in [7, 11) is 0. The van der Waals surface area contributed by atoms with Crippen molar-refractivity contribution >= 4 is 17.5 Å². The quantitative estimate of drug-likeness (QED) is 0.784. The van der Waals surface area contributed by atoms with Gasteiger partial charge in [0.15, 0.2) is 0 Å². The number of aromatic nitrogens is 2. The number of hydrogen-bond acceptors (Lipinski definition) is 3. The summed E-state index contributed by atoms with van der Waals surface area (Å²) in [5, 5.41) is 11.0. The van der Waals surface area contributed by atoms with Gasteiger partial charge in [0, 0.05) is 43.0 Å². The molecule has 6 heteroatoms. The largest absolute Gasteiger partial charge is 0.352 e. The zero-order chi connectivity index (χ0) is 15.8. The molecule has 0 aliphatic carbocycles.